The van der Waals surface area contributed by atoms with Crippen molar-refractivity contribution in [2.75, 3.05) is 24.7 Å². The molecule has 0 fully saturated rings. The first kappa shape index (κ1) is 23.0. The van der Waals surface area contributed by atoms with Crippen molar-refractivity contribution in [3.05, 3.63) is 46.1 Å². The quantitative estimate of drug-likeness (QED) is 0.451. The molecule has 2 unspecified atom stereocenters. The van der Waals surface area contributed by atoms with Gasteiger partial charge in [-0.25, -0.2) is 4.79 Å². The Labute approximate surface area is 179 Å². The Morgan fingerprint density at radius 2 is 1.93 bits per heavy atom. The molecule has 0 radical (unpaired) electrons. The Balaban J connectivity index is 2.68. The van der Waals surface area contributed by atoms with E-state index < -0.39 is 23.8 Å². The predicted molar refractivity (Wildman–Crippen MR) is 114 cm³/mol. The van der Waals surface area contributed by atoms with Gasteiger partial charge in [0, 0.05) is 22.4 Å². The molecule has 0 bridgehead atoms. The zero-order valence-electron chi connectivity index (χ0n) is 16.6. The van der Waals surface area contributed by atoms with E-state index in [9.17, 15) is 9.59 Å². The maximum absolute atomic E-state index is 13.0. The van der Waals surface area contributed by atoms with Crippen molar-refractivity contribution in [3.63, 3.8) is 0 Å². The summed E-state index contributed by atoms with van der Waals surface area (Å²) in [7, 11) is 0. The first-order valence-electron chi connectivity index (χ1n) is 9.27. The van der Waals surface area contributed by atoms with Crippen LogP contribution in [0.15, 0.2) is 40.5 Å². The van der Waals surface area contributed by atoms with Crippen molar-refractivity contribution in [2.24, 2.45) is 10.9 Å². The minimum Gasteiger partial charge on any atom is -0.465 e. The van der Waals surface area contributed by atoms with Crippen molar-refractivity contribution in [1.82, 2.24) is 0 Å². The molecule has 1 heterocycles. The fourth-order valence-electron chi connectivity index (χ4n) is 3.29. The monoisotopic (exact) mass is 434 g/mol. The van der Waals surface area contributed by atoms with Crippen LogP contribution in [0.1, 0.15) is 32.3 Å². The fraction of sp³-hybridized carbons (Fsp3) is 0.429. The number of carbonyl (C=O) groups is 2. The molecule has 154 valence electrons. The molecule has 2 atom stereocenters. The molecular weight excluding hydrogens is 412 g/mol. The molecule has 8 heteroatoms. The number of nitriles is 1. The second kappa shape index (κ2) is 11.0. The van der Waals surface area contributed by atoms with E-state index in [4.69, 9.17) is 26.3 Å². The van der Waals surface area contributed by atoms with E-state index in [0.29, 0.717) is 27.7 Å². The highest BCUT2D eigenvalue weighted by Gasteiger charge is 2.43. The third kappa shape index (κ3) is 5.40. The van der Waals surface area contributed by atoms with Crippen LogP contribution in [-0.4, -0.2) is 42.4 Å². The summed E-state index contributed by atoms with van der Waals surface area (Å²) in [6.45, 7) is 5.57. The summed E-state index contributed by atoms with van der Waals surface area (Å²) >= 11 is 7.80. The molecule has 1 aliphatic rings. The Hall–Kier alpha value is -2.30. The lowest BCUT2D eigenvalue weighted by Crippen LogP contribution is -2.37. The molecule has 0 spiro atoms. The second-order valence-electron chi connectivity index (χ2n) is 6.21. The van der Waals surface area contributed by atoms with Crippen molar-refractivity contribution in [2.45, 2.75) is 26.7 Å². The van der Waals surface area contributed by atoms with Crippen LogP contribution in [0.4, 0.5) is 0 Å². The third-order valence-corrected chi connectivity index (χ3v) is 5.55. The number of thioether (sulfide) groups is 1. The van der Waals surface area contributed by atoms with Crippen molar-refractivity contribution < 1.29 is 19.1 Å². The van der Waals surface area contributed by atoms with Crippen LogP contribution in [0, 0.1) is 17.2 Å². The van der Waals surface area contributed by atoms with Crippen LogP contribution < -0.4 is 0 Å². The lowest BCUT2D eigenvalue weighted by Gasteiger charge is -2.32. The minimum atomic E-state index is -0.793. The fourth-order valence-corrected chi connectivity index (χ4v) is 4.15. The van der Waals surface area contributed by atoms with Gasteiger partial charge in [0.15, 0.2) is 0 Å². The van der Waals surface area contributed by atoms with Gasteiger partial charge in [0.1, 0.15) is 5.92 Å². The highest BCUT2D eigenvalue weighted by molar-refractivity contribution is 7.99. The van der Waals surface area contributed by atoms with Crippen LogP contribution in [-0.2, 0) is 19.1 Å². The zero-order chi connectivity index (χ0) is 21.4. The Morgan fingerprint density at radius 3 is 2.55 bits per heavy atom. The number of halogens is 1. The number of rotatable bonds is 8. The average Bonchev–Trinajstić information content (AvgIpc) is 2.68. The number of nitrogens with zero attached hydrogens (tertiary/aromatic N) is 2. The lowest BCUT2D eigenvalue weighted by atomic mass is 9.75. The molecule has 2 rings (SSSR count). The summed E-state index contributed by atoms with van der Waals surface area (Å²) in [6.07, 6.45) is 0. The SMILES string of the molecule is CCOC(=O)C1=C(CSCC#N)N=C(C)C(C(=O)OCC)C1c1ccccc1Cl. The smallest absolute Gasteiger partial charge is 0.336 e. The molecule has 0 N–H and O–H groups in total. The topological polar surface area (TPSA) is 88.8 Å². The molecule has 0 amide bonds. The molecule has 0 aliphatic carbocycles. The maximum atomic E-state index is 13.0. The Bertz CT molecular complexity index is 876. The van der Waals surface area contributed by atoms with Crippen molar-refractivity contribution in [1.29, 1.82) is 5.26 Å². The molecule has 0 saturated carbocycles. The number of carbonyl (C=O) groups excluding carboxylic acids is 2. The van der Waals surface area contributed by atoms with Crippen molar-refractivity contribution in [3.8, 4) is 6.07 Å². The van der Waals surface area contributed by atoms with Gasteiger partial charge in [-0.3, -0.25) is 9.79 Å². The predicted octanol–water partition coefficient (Wildman–Crippen LogP) is 4.15. The standard InChI is InChI=1S/C21H23ClN2O4S/c1-4-27-20(25)17-13(3)24-16(12-29-11-10-23)19(21(26)28-5-2)18(17)14-8-6-7-9-15(14)22/h6-9,17-18H,4-5,11-12H2,1-3H3. The van der Waals surface area contributed by atoms with Crippen LogP contribution in [0.25, 0.3) is 0 Å². The van der Waals surface area contributed by atoms with Crippen LogP contribution >= 0.6 is 23.4 Å². The van der Waals surface area contributed by atoms with Crippen molar-refractivity contribution >= 4 is 41.0 Å². The van der Waals surface area contributed by atoms with Gasteiger partial charge in [-0.15, -0.1) is 11.8 Å². The molecular formula is C21H23ClN2O4S. The molecule has 1 aromatic carbocycles. The van der Waals surface area contributed by atoms with Crippen LogP contribution in [0.5, 0.6) is 0 Å². The number of hydrogen-bond donors (Lipinski definition) is 0. The van der Waals surface area contributed by atoms with Gasteiger partial charge in [-0.2, -0.15) is 5.26 Å². The zero-order valence-corrected chi connectivity index (χ0v) is 18.2. The molecule has 29 heavy (non-hydrogen) atoms. The van der Waals surface area contributed by atoms with E-state index in [1.165, 1.54) is 11.8 Å². The summed E-state index contributed by atoms with van der Waals surface area (Å²) in [5.74, 6) is -1.89. The maximum Gasteiger partial charge on any atom is 0.336 e. The lowest BCUT2D eigenvalue weighted by molar-refractivity contribution is -0.146. The van der Waals surface area contributed by atoms with Gasteiger partial charge < -0.3 is 9.47 Å². The Kier molecular flexibility index (Phi) is 8.74. The van der Waals surface area contributed by atoms with Gasteiger partial charge in [0.05, 0.1) is 36.3 Å². The summed E-state index contributed by atoms with van der Waals surface area (Å²) in [5, 5.41) is 9.29. The van der Waals surface area contributed by atoms with E-state index in [0.717, 1.165) is 0 Å². The second-order valence-corrected chi connectivity index (χ2v) is 7.61. The molecule has 1 aromatic rings. The molecule has 1 aliphatic heterocycles. The molecule has 0 saturated heterocycles. The van der Waals surface area contributed by atoms with Gasteiger partial charge in [-0.1, -0.05) is 29.8 Å². The first-order chi connectivity index (χ1) is 14.0. The van der Waals surface area contributed by atoms with E-state index in [1.54, 1.807) is 45.0 Å². The number of esters is 2. The van der Waals surface area contributed by atoms with E-state index in [2.05, 4.69) is 11.1 Å². The number of aliphatic imine (C=N–C) groups is 1. The average molecular weight is 435 g/mol. The van der Waals surface area contributed by atoms with Crippen LogP contribution in [0.2, 0.25) is 5.02 Å². The summed E-state index contributed by atoms with van der Waals surface area (Å²) in [6, 6.07) is 9.16. The third-order valence-electron chi connectivity index (χ3n) is 4.40. The number of benzene rings is 1. The number of ether oxygens (including phenoxy) is 2. The van der Waals surface area contributed by atoms with Gasteiger partial charge in [0.2, 0.25) is 0 Å². The van der Waals surface area contributed by atoms with Gasteiger partial charge in [-0.05, 0) is 32.4 Å². The van der Waals surface area contributed by atoms with E-state index in [1.807, 2.05) is 0 Å². The van der Waals surface area contributed by atoms with Crippen LogP contribution in [0.3, 0.4) is 0 Å². The summed E-state index contributed by atoms with van der Waals surface area (Å²) in [5.41, 5.74) is 1.95. The summed E-state index contributed by atoms with van der Waals surface area (Å²) < 4.78 is 10.6. The van der Waals surface area contributed by atoms with E-state index in [-0.39, 0.29) is 24.5 Å². The first-order valence-corrected chi connectivity index (χ1v) is 10.8. The summed E-state index contributed by atoms with van der Waals surface area (Å²) in [4.78, 5) is 30.3. The number of hydrogen-bond acceptors (Lipinski definition) is 7. The molecule has 6 nitrogen and oxygen atoms in total. The minimum absolute atomic E-state index is 0.183. The normalized spacial score (nSPS) is 18.7. The van der Waals surface area contributed by atoms with E-state index >= 15 is 0 Å². The highest BCUT2D eigenvalue weighted by atomic mass is 35.5. The largest absolute Gasteiger partial charge is 0.465 e. The Morgan fingerprint density at radius 1 is 1.24 bits per heavy atom. The van der Waals surface area contributed by atoms with Gasteiger partial charge in [0.25, 0.3) is 0 Å². The van der Waals surface area contributed by atoms with Gasteiger partial charge >= 0.3 is 11.9 Å². The molecule has 0 aromatic heterocycles. The highest BCUT2D eigenvalue weighted by Crippen LogP contribution is 2.43.